The van der Waals surface area contributed by atoms with Gasteiger partial charge < -0.3 is 5.32 Å². The number of rotatable bonds is 4. The number of hydrogen-bond donors (Lipinski definition) is 1. The van der Waals surface area contributed by atoms with Crippen LogP contribution in [0.25, 0.3) is 11.4 Å². The van der Waals surface area contributed by atoms with Gasteiger partial charge in [-0.05, 0) is 44.5 Å². The van der Waals surface area contributed by atoms with Crippen LogP contribution in [0.4, 0.5) is 5.82 Å². The monoisotopic (exact) mass is 275 g/mol. The third-order valence-corrected chi connectivity index (χ3v) is 3.28. The first kappa shape index (κ1) is 13.8. The van der Waals surface area contributed by atoms with Gasteiger partial charge in [0.1, 0.15) is 5.82 Å². The molecule has 1 heterocycles. The summed E-state index contributed by atoms with van der Waals surface area (Å²) in [7, 11) is 0. The van der Waals surface area contributed by atoms with Crippen LogP contribution in [0.2, 0.25) is 5.02 Å². The predicted octanol–water partition coefficient (Wildman–Crippen LogP) is 4.10. The maximum absolute atomic E-state index is 5.91. The third-order valence-electron chi connectivity index (χ3n) is 3.03. The van der Waals surface area contributed by atoms with Gasteiger partial charge in [0, 0.05) is 28.4 Å². The molecule has 0 aliphatic rings. The molecule has 0 saturated heterocycles. The summed E-state index contributed by atoms with van der Waals surface area (Å²) < 4.78 is 0. The van der Waals surface area contributed by atoms with Crippen molar-refractivity contribution in [3.05, 3.63) is 40.5 Å². The molecule has 1 aromatic carbocycles. The van der Waals surface area contributed by atoms with Gasteiger partial charge in [-0.15, -0.1) is 0 Å². The molecule has 0 unspecified atom stereocenters. The van der Waals surface area contributed by atoms with Gasteiger partial charge >= 0.3 is 0 Å². The molecule has 0 atom stereocenters. The maximum atomic E-state index is 5.91. The molecular weight excluding hydrogens is 258 g/mol. The lowest BCUT2D eigenvalue weighted by Crippen LogP contribution is -2.07. The van der Waals surface area contributed by atoms with Crippen molar-refractivity contribution in [3.63, 3.8) is 0 Å². The molecule has 0 radical (unpaired) electrons. The summed E-state index contributed by atoms with van der Waals surface area (Å²) in [6, 6.07) is 7.61. The SMILES string of the molecule is CCNc1nc(-c2ccc(Cl)cc2)nc(CC)c1C. The highest BCUT2D eigenvalue weighted by molar-refractivity contribution is 6.30. The molecular formula is C15H18ClN3. The Morgan fingerprint density at radius 3 is 2.37 bits per heavy atom. The molecule has 4 heteroatoms. The van der Waals surface area contributed by atoms with E-state index in [0.717, 1.165) is 46.5 Å². The van der Waals surface area contributed by atoms with Gasteiger partial charge in [-0.1, -0.05) is 18.5 Å². The minimum absolute atomic E-state index is 0.721. The van der Waals surface area contributed by atoms with E-state index in [1.54, 1.807) is 0 Å². The maximum Gasteiger partial charge on any atom is 0.161 e. The van der Waals surface area contributed by atoms with E-state index >= 15 is 0 Å². The summed E-state index contributed by atoms with van der Waals surface area (Å²) in [5.41, 5.74) is 3.19. The fourth-order valence-electron chi connectivity index (χ4n) is 1.97. The van der Waals surface area contributed by atoms with Crippen molar-refractivity contribution < 1.29 is 0 Å². The standard InChI is InChI=1S/C15H18ClN3/c1-4-13-10(3)14(17-5-2)19-15(18-13)11-6-8-12(16)9-7-11/h6-9H,4-5H2,1-3H3,(H,17,18,19). The third kappa shape index (κ3) is 3.04. The zero-order valence-corrected chi connectivity index (χ0v) is 12.3. The molecule has 0 bridgehead atoms. The molecule has 2 rings (SSSR count). The fourth-order valence-corrected chi connectivity index (χ4v) is 2.10. The van der Waals surface area contributed by atoms with Gasteiger partial charge in [0.25, 0.3) is 0 Å². The van der Waals surface area contributed by atoms with Gasteiger partial charge in [0.05, 0.1) is 0 Å². The number of nitrogens with zero attached hydrogens (tertiary/aromatic N) is 2. The lowest BCUT2D eigenvalue weighted by Gasteiger charge is -2.12. The number of nitrogens with one attached hydrogen (secondary N) is 1. The summed E-state index contributed by atoms with van der Waals surface area (Å²) in [6.45, 7) is 7.08. The van der Waals surface area contributed by atoms with Crippen LogP contribution in [-0.4, -0.2) is 16.5 Å². The van der Waals surface area contributed by atoms with Gasteiger partial charge in [-0.25, -0.2) is 9.97 Å². The molecule has 0 spiro atoms. The normalized spacial score (nSPS) is 10.5. The predicted molar refractivity (Wildman–Crippen MR) is 80.8 cm³/mol. The number of benzene rings is 1. The zero-order valence-electron chi connectivity index (χ0n) is 11.5. The van der Waals surface area contributed by atoms with Crippen LogP contribution in [0.1, 0.15) is 25.1 Å². The second-order valence-electron chi connectivity index (χ2n) is 4.36. The molecule has 1 aromatic heterocycles. The second kappa shape index (κ2) is 6.02. The highest BCUT2D eigenvalue weighted by atomic mass is 35.5. The van der Waals surface area contributed by atoms with Gasteiger partial charge in [-0.3, -0.25) is 0 Å². The summed E-state index contributed by atoms with van der Waals surface area (Å²) in [6.07, 6.45) is 0.896. The summed E-state index contributed by atoms with van der Waals surface area (Å²) in [5, 5.41) is 4.02. The molecule has 3 nitrogen and oxygen atoms in total. The molecule has 0 amide bonds. The Bertz CT molecular complexity index is 564. The average molecular weight is 276 g/mol. The minimum Gasteiger partial charge on any atom is -0.370 e. The van der Waals surface area contributed by atoms with E-state index in [-0.39, 0.29) is 0 Å². The van der Waals surface area contributed by atoms with Gasteiger partial charge in [0.15, 0.2) is 5.82 Å². The lowest BCUT2D eigenvalue weighted by atomic mass is 10.1. The van der Waals surface area contributed by atoms with E-state index in [1.165, 1.54) is 0 Å². The van der Waals surface area contributed by atoms with Crippen LogP contribution < -0.4 is 5.32 Å². The molecule has 0 aliphatic heterocycles. The van der Waals surface area contributed by atoms with E-state index in [2.05, 4.69) is 36.1 Å². The van der Waals surface area contributed by atoms with Crippen LogP contribution >= 0.6 is 11.6 Å². The Kier molecular flexibility index (Phi) is 4.38. The van der Waals surface area contributed by atoms with Gasteiger partial charge in [-0.2, -0.15) is 0 Å². The molecule has 0 aliphatic carbocycles. The van der Waals surface area contributed by atoms with Gasteiger partial charge in [0.2, 0.25) is 0 Å². The highest BCUT2D eigenvalue weighted by Gasteiger charge is 2.10. The molecule has 2 aromatic rings. The largest absolute Gasteiger partial charge is 0.370 e. The number of aromatic nitrogens is 2. The Hall–Kier alpha value is -1.61. The summed E-state index contributed by atoms with van der Waals surface area (Å²) >= 11 is 5.91. The van der Waals surface area contributed by atoms with E-state index in [1.807, 2.05) is 24.3 Å². The van der Waals surface area contributed by atoms with Crippen molar-refractivity contribution in [2.45, 2.75) is 27.2 Å². The lowest BCUT2D eigenvalue weighted by molar-refractivity contribution is 0.970. The van der Waals surface area contributed by atoms with Crippen molar-refractivity contribution in [2.75, 3.05) is 11.9 Å². The molecule has 19 heavy (non-hydrogen) atoms. The zero-order chi connectivity index (χ0) is 13.8. The van der Waals surface area contributed by atoms with E-state index in [9.17, 15) is 0 Å². The first-order valence-electron chi connectivity index (χ1n) is 6.53. The van der Waals surface area contributed by atoms with Crippen LogP contribution in [0.15, 0.2) is 24.3 Å². The Morgan fingerprint density at radius 1 is 1.11 bits per heavy atom. The highest BCUT2D eigenvalue weighted by Crippen LogP contribution is 2.23. The molecule has 0 saturated carbocycles. The summed E-state index contributed by atoms with van der Waals surface area (Å²) in [4.78, 5) is 9.24. The van der Waals surface area contributed by atoms with Crippen LogP contribution in [0.3, 0.4) is 0 Å². The van der Waals surface area contributed by atoms with Crippen LogP contribution in [-0.2, 0) is 6.42 Å². The van der Waals surface area contributed by atoms with Crippen LogP contribution in [0, 0.1) is 6.92 Å². The number of halogens is 1. The fraction of sp³-hybridized carbons (Fsp3) is 0.333. The Balaban J connectivity index is 2.51. The van der Waals surface area contributed by atoms with Crippen LogP contribution in [0.5, 0.6) is 0 Å². The molecule has 0 fully saturated rings. The summed E-state index contributed by atoms with van der Waals surface area (Å²) in [5.74, 6) is 1.66. The van der Waals surface area contributed by atoms with Crippen molar-refractivity contribution in [1.82, 2.24) is 9.97 Å². The first-order valence-corrected chi connectivity index (χ1v) is 6.90. The topological polar surface area (TPSA) is 37.8 Å². The molecule has 1 N–H and O–H groups in total. The molecule has 100 valence electrons. The Morgan fingerprint density at radius 2 is 1.79 bits per heavy atom. The minimum atomic E-state index is 0.721. The number of anilines is 1. The van der Waals surface area contributed by atoms with Crippen molar-refractivity contribution in [3.8, 4) is 11.4 Å². The smallest absolute Gasteiger partial charge is 0.161 e. The van der Waals surface area contributed by atoms with E-state index < -0.39 is 0 Å². The number of hydrogen-bond acceptors (Lipinski definition) is 3. The average Bonchev–Trinajstić information content (AvgIpc) is 2.42. The van der Waals surface area contributed by atoms with E-state index in [4.69, 9.17) is 11.6 Å². The van der Waals surface area contributed by atoms with E-state index in [0.29, 0.717) is 0 Å². The van der Waals surface area contributed by atoms with Crippen molar-refractivity contribution in [1.29, 1.82) is 0 Å². The van der Waals surface area contributed by atoms with Crippen molar-refractivity contribution >= 4 is 17.4 Å². The Labute approximate surface area is 119 Å². The second-order valence-corrected chi connectivity index (χ2v) is 4.79. The number of aryl methyl sites for hydroxylation is 1. The first-order chi connectivity index (χ1) is 9.15. The van der Waals surface area contributed by atoms with Crippen molar-refractivity contribution in [2.24, 2.45) is 0 Å². The quantitative estimate of drug-likeness (QED) is 0.913.